The summed E-state index contributed by atoms with van der Waals surface area (Å²) in [7, 11) is 0. The predicted molar refractivity (Wildman–Crippen MR) is 47.7 cm³/mol. The number of nitrogens with zero attached hydrogens (tertiary/aromatic N) is 1. The lowest BCUT2D eigenvalue weighted by Crippen LogP contribution is -2.23. The lowest BCUT2D eigenvalue weighted by molar-refractivity contribution is -0.165. The number of thiazole rings is 1. The Labute approximate surface area is 83.4 Å². The van der Waals surface area contributed by atoms with Gasteiger partial charge in [0.15, 0.2) is 0 Å². The van der Waals surface area contributed by atoms with Crippen LogP contribution in [0.25, 0.3) is 0 Å². The Morgan fingerprint density at radius 1 is 1.64 bits per heavy atom. The summed E-state index contributed by atoms with van der Waals surface area (Å²) < 4.78 is 25.9. The molecular formula is C8H9F2NO2S. The highest BCUT2D eigenvalue weighted by molar-refractivity contribution is 7.11. The van der Waals surface area contributed by atoms with Gasteiger partial charge in [0.25, 0.3) is 0 Å². The Bertz CT molecular complexity index is 349. The maximum atomic E-state index is 12.9. The summed E-state index contributed by atoms with van der Waals surface area (Å²) in [5.74, 6) is -5.94. The molecule has 0 saturated carbocycles. The van der Waals surface area contributed by atoms with E-state index in [2.05, 4.69) is 4.98 Å². The molecule has 3 nitrogen and oxygen atoms in total. The van der Waals surface area contributed by atoms with Crippen LogP contribution in [0.2, 0.25) is 0 Å². The van der Waals surface area contributed by atoms with Gasteiger partial charge in [0.05, 0.1) is 5.01 Å². The Morgan fingerprint density at radius 3 is 2.57 bits per heavy atom. The third-order valence-electron chi connectivity index (χ3n) is 1.60. The van der Waals surface area contributed by atoms with Crippen LogP contribution < -0.4 is 0 Å². The Morgan fingerprint density at radius 2 is 2.21 bits per heavy atom. The molecule has 1 heterocycles. The maximum absolute atomic E-state index is 12.9. The van der Waals surface area contributed by atoms with Crippen LogP contribution in [0.1, 0.15) is 29.7 Å². The maximum Gasteiger partial charge on any atom is 0.380 e. The van der Waals surface area contributed by atoms with Crippen LogP contribution in [0.4, 0.5) is 8.78 Å². The third-order valence-corrected chi connectivity index (χ3v) is 2.96. The zero-order chi connectivity index (χ0) is 10.9. The molecule has 1 rings (SSSR count). The van der Waals surface area contributed by atoms with Gasteiger partial charge in [-0.2, -0.15) is 8.78 Å². The SMILES string of the molecule is CC(C)c1ncc(C(F)(F)C(=O)O)s1. The molecule has 1 aromatic heterocycles. The van der Waals surface area contributed by atoms with Crippen molar-refractivity contribution in [3.8, 4) is 0 Å². The van der Waals surface area contributed by atoms with Crippen LogP contribution in [0, 0.1) is 0 Å². The number of aromatic nitrogens is 1. The summed E-state index contributed by atoms with van der Waals surface area (Å²) in [5.41, 5.74) is 0. The van der Waals surface area contributed by atoms with Gasteiger partial charge in [-0.05, 0) is 0 Å². The van der Waals surface area contributed by atoms with Crippen LogP contribution in [-0.4, -0.2) is 16.1 Å². The number of halogens is 2. The summed E-state index contributed by atoms with van der Waals surface area (Å²) in [6, 6.07) is 0. The summed E-state index contributed by atoms with van der Waals surface area (Å²) in [4.78, 5) is 13.4. The van der Waals surface area contributed by atoms with Crippen molar-refractivity contribution in [2.75, 3.05) is 0 Å². The van der Waals surface area contributed by atoms with Gasteiger partial charge in [-0.15, -0.1) is 11.3 Å². The standard InChI is InChI=1S/C8H9F2NO2S/c1-4(2)6-11-3-5(14-6)8(9,10)7(12)13/h3-4H,1-2H3,(H,12,13). The molecule has 78 valence electrons. The van der Waals surface area contributed by atoms with Crippen molar-refractivity contribution < 1.29 is 18.7 Å². The van der Waals surface area contributed by atoms with Crippen molar-refractivity contribution >= 4 is 17.3 Å². The van der Waals surface area contributed by atoms with E-state index in [9.17, 15) is 13.6 Å². The largest absolute Gasteiger partial charge is 0.477 e. The molecule has 0 amide bonds. The fourth-order valence-corrected chi connectivity index (χ4v) is 1.69. The monoisotopic (exact) mass is 221 g/mol. The van der Waals surface area contributed by atoms with E-state index in [0.29, 0.717) is 5.01 Å². The van der Waals surface area contributed by atoms with Crippen LogP contribution in [0.5, 0.6) is 0 Å². The van der Waals surface area contributed by atoms with Crippen molar-refractivity contribution in [2.24, 2.45) is 0 Å². The first-order valence-corrected chi connectivity index (χ1v) is 4.74. The van der Waals surface area contributed by atoms with E-state index in [1.54, 1.807) is 0 Å². The van der Waals surface area contributed by atoms with E-state index < -0.39 is 16.8 Å². The number of carbonyl (C=O) groups is 1. The number of hydrogen-bond donors (Lipinski definition) is 1. The molecule has 0 radical (unpaired) electrons. The predicted octanol–water partition coefficient (Wildman–Crippen LogP) is 2.44. The van der Waals surface area contributed by atoms with Gasteiger partial charge in [-0.3, -0.25) is 0 Å². The lowest BCUT2D eigenvalue weighted by Gasteiger charge is -2.06. The van der Waals surface area contributed by atoms with Gasteiger partial charge < -0.3 is 5.11 Å². The second-order valence-corrected chi connectivity index (χ2v) is 4.16. The molecule has 6 heteroatoms. The highest BCUT2D eigenvalue weighted by Crippen LogP contribution is 2.34. The van der Waals surface area contributed by atoms with Gasteiger partial charge in [0.2, 0.25) is 0 Å². The molecule has 0 atom stereocenters. The molecule has 1 aromatic rings. The van der Waals surface area contributed by atoms with Gasteiger partial charge >= 0.3 is 11.9 Å². The molecular weight excluding hydrogens is 212 g/mol. The van der Waals surface area contributed by atoms with E-state index in [1.807, 2.05) is 13.8 Å². The minimum absolute atomic E-state index is 0.0262. The molecule has 0 fully saturated rings. The van der Waals surface area contributed by atoms with Gasteiger partial charge in [0.1, 0.15) is 4.88 Å². The molecule has 0 unspecified atom stereocenters. The number of alkyl halides is 2. The summed E-state index contributed by atoms with van der Waals surface area (Å²) in [6.45, 7) is 3.61. The van der Waals surface area contributed by atoms with Crippen LogP contribution in [-0.2, 0) is 10.7 Å². The molecule has 1 N–H and O–H groups in total. The molecule has 0 aliphatic rings. The van der Waals surface area contributed by atoms with Crippen molar-refractivity contribution in [1.82, 2.24) is 4.98 Å². The van der Waals surface area contributed by atoms with Crippen LogP contribution >= 0.6 is 11.3 Å². The first-order chi connectivity index (χ1) is 6.35. The summed E-state index contributed by atoms with van der Waals surface area (Å²) in [6.07, 6.45) is 0.925. The first kappa shape index (κ1) is 11.0. The minimum atomic E-state index is -3.83. The smallest absolute Gasteiger partial charge is 0.380 e. The Balaban J connectivity index is 3.03. The molecule has 0 aliphatic heterocycles. The lowest BCUT2D eigenvalue weighted by atomic mass is 10.2. The topological polar surface area (TPSA) is 50.2 Å². The number of rotatable bonds is 3. The van der Waals surface area contributed by atoms with E-state index in [4.69, 9.17) is 5.11 Å². The number of carboxylic acids is 1. The van der Waals surface area contributed by atoms with Crippen molar-refractivity contribution in [1.29, 1.82) is 0 Å². The fraction of sp³-hybridized carbons (Fsp3) is 0.500. The first-order valence-electron chi connectivity index (χ1n) is 3.93. The highest BCUT2D eigenvalue weighted by Gasteiger charge is 2.43. The zero-order valence-corrected chi connectivity index (χ0v) is 8.44. The van der Waals surface area contributed by atoms with Gasteiger partial charge in [-0.25, -0.2) is 9.78 Å². The number of hydrogen-bond acceptors (Lipinski definition) is 3. The number of aliphatic carboxylic acids is 1. The van der Waals surface area contributed by atoms with Crippen molar-refractivity contribution in [3.05, 3.63) is 16.1 Å². The molecule has 0 saturated heterocycles. The van der Waals surface area contributed by atoms with Gasteiger partial charge in [-0.1, -0.05) is 13.8 Å². The van der Waals surface area contributed by atoms with E-state index >= 15 is 0 Å². The quantitative estimate of drug-likeness (QED) is 0.852. The average molecular weight is 221 g/mol. The minimum Gasteiger partial charge on any atom is -0.477 e. The normalized spacial score (nSPS) is 12.1. The van der Waals surface area contributed by atoms with E-state index in [-0.39, 0.29) is 5.92 Å². The fourth-order valence-electron chi connectivity index (χ4n) is 0.805. The van der Waals surface area contributed by atoms with Gasteiger partial charge in [0, 0.05) is 12.1 Å². The Kier molecular flexibility index (Phi) is 2.84. The average Bonchev–Trinajstić information content (AvgIpc) is 2.51. The van der Waals surface area contributed by atoms with Crippen molar-refractivity contribution in [2.45, 2.75) is 25.7 Å². The second kappa shape index (κ2) is 3.61. The van der Waals surface area contributed by atoms with Crippen LogP contribution in [0.3, 0.4) is 0 Å². The second-order valence-electron chi connectivity index (χ2n) is 3.10. The number of carboxylic acid groups (broad SMARTS) is 1. The molecule has 0 bridgehead atoms. The third kappa shape index (κ3) is 1.89. The Hall–Kier alpha value is -1.04. The zero-order valence-electron chi connectivity index (χ0n) is 7.62. The summed E-state index contributed by atoms with van der Waals surface area (Å²) in [5, 5.41) is 8.79. The highest BCUT2D eigenvalue weighted by atomic mass is 32.1. The molecule has 0 aliphatic carbocycles. The van der Waals surface area contributed by atoms with E-state index in [1.165, 1.54) is 0 Å². The summed E-state index contributed by atoms with van der Waals surface area (Å²) >= 11 is 0.734. The van der Waals surface area contributed by atoms with Crippen LogP contribution in [0.15, 0.2) is 6.20 Å². The molecule has 0 spiro atoms. The molecule has 14 heavy (non-hydrogen) atoms. The molecule has 0 aromatic carbocycles. The van der Waals surface area contributed by atoms with Crippen molar-refractivity contribution in [3.63, 3.8) is 0 Å². The van der Waals surface area contributed by atoms with E-state index in [0.717, 1.165) is 17.5 Å².